The molecule has 4 heterocycles. The van der Waals surface area contributed by atoms with Crippen molar-refractivity contribution in [3.63, 3.8) is 0 Å². The van der Waals surface area contributed by atoms with Crippen molar-refractivity contribution >= 4 is 46.9 Å². The van der Waals surface area contributed by atoms with Gasteiger partial charge in [0.2, 0.25) is 11.9 Å². The Morgan fingerprint density at radius 3 is 1.86 bits per heavy atom. The maximum Gasteiger partial charge on any atom is 0.328 e. The molecule has 17 heteroatoms. The summed E-state index contributed by atoms with van der Waals surface area (Å²) in [6, 6.07) is 12.2. The van der Waals surface area contributed by atoms with Gasteiger partial charge in [0.05, 0.1) is 13.1 Å². The number of halogens is 1. The van der Waals surface area contributed by atoms with Crippen LogP contribution in [0.25, 0.3) is 11.2 Å². The van der Waals surface area contributed by atoms with Gasteiger partial charge in [0.25, 0.3) is 0 Å². The Hall–Kier alpha value is -6.36. The molecule has 0 radical (unpaired) electrons. The molecule has 1 saturated heterocycles. The van der Waals surface area contributed by atoms with Gasteiger partial charge >= 0.3 is 23.9 Å². The summed E-state index contributed by atoms with van der Waals surface area (Å²) in [7, 11) is 0. The van der Waals surface area contributed by atoms with E-state index >= 15 is 0 Å². The number of carbonyl (C=O) groups is 5. The van der Waals surface area contributed by atoms with Gasteiger partial charge in [-0.25, -0.2) is 43.5 Å². The Kier molecular flexibility index (Phi) is 14.8. The Labute approximate surface area is 284 Å². The maximum atomic E-state index is 13.4. The van der Waals surface area contributed by atoms with Crippen LogP contribution < -0.4 is 5.32 Å². The molecule has 16 nitrogen and oxygen atoms in total. The second-order valence-electron chi connectivity index (χ2n) is 10.7. The minimum atomic E-state index is -1.26. The van der Waals surface area contributed by atoms with Gasteiger partial charge in [0.1, 0.15) is 17.2 Å². The first kappa shape index (κ1) is 38.1. The summed E-state index contributed by atoms with van der Waals surface area (Å²) in [6.07, 6.45) is 10.0. The van der Waals surface area contributed by atoms with E-state index in [1.54, 1.807) is 36.8 Å². The highest BCUT2D eigenvalue weighted by Gasteiger charge is 2.24. The first-order valence-electron chi connectivity index (χ1n) is 15.0. The number of aliphatic carboxylic acids is 4. The zero-order valence-corrected chi connectivity index (χ0v) is 26.5. The average molecular weight is 692 g/mol. The number of carbonyl (C=O) groups excluding carboxylic acids is 1. The highest BCUT2D eigenvalue weighted by atomic mass is 19.1. The third-order valence-corrected chi connectivity index (χ3v) is 6.94. The molecular weight excluding hydrogens is 657 g/mol. The summed E-state index contributed by atoms with van der Waals surface area (Å²) < 4.78 is 15.5. The smallest absolute Gasteiger partial charge is 0.328 e. The number of hydrogen-bond donors (Lipinski definition) is 5. The molecule has 4 aromatic rings. The quantitative estimate of drug-likeness (QED) is 0.142. The Balaban J connectivity index is 0.000000352. The minimum Gasteiger partial charge on any atom is -0.478 e. The van der Waals surface area contributed by atoms with E-state index in [0.717, 1.165) is 54.9 Å². The van der Waals surface area contributed by atoms with Gasteiger partial charge in [0, 0.05) is 49.3 Å². The molecule has 1 aromatic carbocycles. The number of carboxylic acids is 4. The van der Waals surface area contributed by atoms with Gasteiger partial charge < -0.3 is 25.0 Å². The van der Waals surface area contributed by atoms with Gasteiger partial charge in [0.15, 0.2) is 5.65 Å². The minimum absolute atomic E-state index is 0.100. The van der Waals surface area contributed by atoms with Crippen LogP contribution >= 0.6 is 0 Å². The number of rotatable bonds is 11. The number of piperidine rings is 1. The molecule has 5 rings (SSSR count). The van der Waals surface area contributed by atoms with E-state index < -0.39 is 23.9 Å². The largest absolute Gasteiger partial charge is 0.478 e. The number of hydrogen-bond acceptors (Lipinski definition) is 10. The monoisotopic (exact) mass is 691 g/mol. The van der Waals surface area contributed by atoms with Crippen LogP contribution in [0.15, 0.2) is 85.4 Å². The molecule has 0 saturated carbocycles. The number of amides is 1. The molecule has 1 amide bonds. The fraction of sp³-hybridized carbons (Fsp3) is 0.242. The Morgan fingerprint density at radius 1 is 0.780 bits per heavy atom. The van der Waals surface area contributed by atoms with Crippen molar-refractivity contribution in [2.45, 2.75) is 25.8 Å². The molecule has 5 N–H and O–H groups in total. The lowest BCUT2D eigenvalue weighted by atomic mass is 9.93. The summed E-state index contributed by atoms with van der Waals surface area (Å²) in [6.45, 7) is 2.63. The van der Waals surface area contributed by atoms with Crippen molar-refractivity contribution in [2.75, 3.05) is 25.0 Å². The zero-order chi connectivity index (χ0) is 36.5. The van der Waals surface area contributed by atoms with Crippen LogP contribution in [0.1, 0.15) is 24.2 Å². The van der Waals surface area contributed by atoms with Gasteiger partial charge in [-0.15, -0.1) is 0 Å². The van der Waals surface area contributed by atoms with Crippen LogP contribution in [0.5, 0.6) is 0 Å². The summed E-state index contributed by atoms with van der Waals surface area (Å²) >= 11 is 0. The standard InChI is InChI=1S/C25H26FN7O.2C4H4O4/c26-20-6-4-19(5-7-20)16-33-22(30-21-3-1-10-27-24(21)33)15-18-8-13-32(14-9-18)17-23(34)31-25-28-11-2-12-29-25;2*5-3(6)1-2-4(7)8/h1-7,10-12,18H,8-9,13-17H2,(H,28,29,31,34);2*1-2H,(H,5,6)(H,7,8). The van der Waals surface area contributed by atoms with Crippen LogP contribution in [-0.4, -0.2) is 99.2 Å². The topological polar surface area (TPSA) is 238 Å². The van der Waals surface area contributed by atoms with E-state index in [1.165, 1.54) is 12.1 Å². The van der Waals surface area contributed by atoms with Gasteiger partial charge in [-0.05, 0) is 67.7 Å². The van der Waals surface area contributed by atoms with Crippen molar-refractivity contribution in [1.82, 2.24) is 29.4 Å². The van der Waals surface area contributed by atoms with E-state index in [1.807, 2.05) is 12.1 Å². The highest BCUT2D eigenvalue weighted by molar-refractivity contribution is 5.91. The third-order valence-electron chi connectivity index (χ3n) is 6.94. The molecule has 0 unspecified atom stereocenters. The van der Waals surface area contributed by atoms with E-state index in [0.29, 0.717) is 49.3 Å². The average Bonchev–Trinajstić information content (AvgIpc) is 3.42. The van der Waals surface area contributed by atoms with Crippen molar-refractivity contribution in [1.29, 1.82) is 0 Å². The molecule has 262 valence electrons. The van der Waals surface area contributed by atoms with E-state index in [9.17, 15) is 28.4 Å². The Morgan fingerprint density at radius 2 is 1.32 bits per heavy atom. The van der Waals surface area contributed by atoms with Gasteiger partial charge in [-0.2, -0.15) is 0 Å². The molecular formula is C33H34FN7O9. The summed E-state index contributed by atoms with van der Waals surface area (Å²) in [5, 5.41) is 34.0. The molecule has 1 aliphatic heterocycles. The van der Waals surface area contributed by atoms with Crippen LogP contribution in [0.3, 0.4) is 0 Å². The number of nitrogens with zero attached hydrogens (tertiary/aromatic N) is 6. The van der Waals surface area contributed by atoms with E-state index in [-0.39, 0.29) is 11.7 Å². The number of benzene rings is 1. The van der Waals surface area contributed by atoms with Crippen LogP contribution in [-0.2, 0) is 36.9 Å². The number of anilines is 1. The second kappa shape index (κ2) is 19.5. The molecule has 0 spiro atoms. The SMILES string of the molecule is O=C(CN1CCC(Cc2nc3cccnc3n2Cc2ccc(F)cc2)CC1)Nc1ncccn1.O=C(O)C=CC(=O)O.O=C(O)C=CC(=O)O. The van der Waals surface area contributed by atoms with Crippen molar-refractivity contribution in [3.05, 3.63) is 103 Å². The number of carboxylic acid groups (broad SMARTS) is 4. The number of imidazole rings is 1. The molecule has 0 bridgehead atoms. The fourth-order valence-electron chi connectivity index (χ4n) is 4.72. The first-order chi connectivity index (χ1) is 23.9. The maximum absolute atomic E-state index is 13.4. The summed E-state index contributed by atoms with van der Waals surface area (Å²) in [5.74, 6) is -3.57. The molecule has 1 aliphatic rings. The number of nitrogens with one attached hydrogen (secondary N) is 1. The lowest BCUT2D eigenvalue weighted by Gasteiger charge is -2.31. The lowest BCUT2D eigenvalue weighted by Crippen LogP contribution is -2.39. The van der Waals surface area contributed by atoms with Crippen molar-refractivity contribution < 1.29 is 48.8 Å². The van der Waals surface area contributed by atoms with Crippen molar-refractivity contribution in [3.8, 4) is 0 Å². The molecule has 50 heavy (non-hydrogen) atoms. The highest BCUT2D eigenvalue weighted by Crippen LogP contribution is 2.24. The second-order valence-corrected chi connectivity index (χ2v) is 10.7. The van der Waals surface area contributed by atoms with E-state index in [4.69, 9.17) is 25.4 Å². The lowest BCUT2D eigenvalue weighted by molar-refractivity contribution is -0.134. The molecule has 0 aliphatic carbocycles. The number of likely N-dealkylation sites (tertiary alicyclic amines) is 1. The van der Waals surface area contributed by atoms with Gasteiger partial charge in [-0.3, -0.25) is 15.0 Å². The normalized spacial score (nSPS) is 13.2. The predicted molar refractivity (Wildman–Crippen MR) is 175 cm³/mol. The van der Waals surface area contributed by atoms with Crippen molar-refractivity contribution in [2.24, 2.45) is 5.92 Å². The zero-order valence-electron chi connectivity index (χ0n) is 26.5. The van der Waals surface area contributed by atoms with Crippen LogP contribution in [0, 0.1) is 11.7 Å². The van der Waals surface area contributed by atoms with E-state index in [2.05, 4.69) is 29.7 Å². The summed E-state index contributed by atoms with van der Waals surface area (Å²) in [5.41, 5.74) is 2.73. The fourth-order valence-corrected chi connectivity index (χ4v) is 4.72. The third kappa shape index (κ3) is 13.8. The molecule has 0 atom stereocenters. The first-order valence-corrected chi connectivity index (χ1v) is 15.0. The number of fused-ring (bicyclic) bond motifs is 1. The number of pyridine rings is 1. The molecule has 1 fully saturated rings. The summed E-state index contributed by atoms with van der Waals surface area (Å²) in [4.78, 5) is 70.2. The van der Waals surface area contributed by atoms with Crippen LogP contribution in [0.4, 0.5) is 10.3 Å². The Bertz CT molecular complexity index is 1760. The number of aromatic nitrogens is 5. The molecule has 3 aromatic heterocycles. The van der Waals surface area contributed by atoms with Crippen LogP contribution in [0.2, 0.25) is 0 Å². The predicted octanol–water partition coefficient (Wildman–Crippen LogP) is 2.73. The van der Waals surface area contributed by atoms with Gasteiger partial charge in [-0.1, -0.05) is 12.1 Å².